The predicted octanol–water partition coefficient (Wildman–Crippen LogP) is 7.84. The van der Waals surface area contributed by atoms with E-state index < -0.39 is 0 Å². The van der Waals surface area contributed by atoms with Gasteiger partial charge in [0.05, 0.1) is 7.57 Å². The van der Waals surface area contributed by atoms with Crippen LogP contribution in [0.3, 0.4) is 0 Å². The first-order chi connectivity index (χ1) is 11.2. The third-order valence-electron chi connectivity index (χ3n) is 3.67. The average Bonchev–Trinajstić information content (AvgIpc) is 3.29. The van der Waals surface area contributed by atoms with Crippen LogP contribution in [0.1, 0.15) is 19.5 Å². The van der Waals surface area contributed by atoms with Crippen molar-refractivity contribution in [2.45, 2.75) is 5.41 Å². The van der Waals surface area contributed by atoms with Crippen molar-refractivity contribution in [2.75, 3.05) is 0 Å². The molecular weight excluding hydrogens is 492 g/mol. The second-order valence-corrected chi connectivity index (χ2v) is 11.7. The molecule has 4 aromatic rings. The number of hydrogen-bond acceptors (Lipinski definition) is 4. The van der Waals surface area contributed by atoms with Crippen LogP contribution in [0, 0.1) is 0 Å². The molecule has 0 saturated carbocycles. The van der Waals surface area contributed by atoms with Crippen LogP contribution in [0.25, 0.3) is 0 Å². The van der Waals surface area contributed by atoms with E-state index in [-0.39, 0.29) is 5.41 Å². The summed E-state index contributed by atoms with van der Waals surface area (Å²) in [6, 6.07) is 17.6. The first-order valence-corrected chi connectivity index (χ1v) is 11.8. The van der Waals surface area contributed by atoms with E-state index in [0.29, 0.717) is 0 Å². The maximum Gasteiger partial charge on any atom is 0.107 e. The van der Waals surface area contributed by atoms with Gasteiger partial charge in [-0.05, 0) is 79.0 Å². The molecule has 0 saturated heterocycles. The van der Waals surface area contributed by atoms with Gasteiger partial charge < -0.3 is 0 Å². The van der Waals surface area contributed by atoms with Crippen LogP contribution in [-0.4, -0.2) is 0 Å². The van der Waals surface area contributed by atoms with Crippen LogP contribution >= 0.6 is 77.2 Å². The zero-order valence-corrected chi connectivity index (χ0v) is 18.1. The van der Waals surface area contributed by atoms with Gasteiger partial charge in [-0.15, -0.1) is 45.3 Å². The summed E-state index contributed by atoms with van der Waals surface area (Å²) in [5, 5.41) is 4.34. The van der Waals surface area contributed by atoms with Crippen molar-refractivity contribution in [2.24, 2.45) is 0 Å². The molecule has 0 aliphatic heterocycles. The van der Waals surface area contributed by atoms with Gasteiger partial charge in [-0.25, -0.2) is 0 Å². The first-order valence-electron chi connectivity index (χ1n) is 6.81. The highest BCUT2D eigenvalue weighted by Crippen LogP contribution is 2.53. The van der Waals surface area contributed by atoms with Gasteiger partial charge in [0.2, 0.25) is 0 Å². The van der Waals surface area contributed by atoms with Crippen molar-refractivity contribution < 1.29 is 0 Å². The molecule has 6 heteroatoms. The lowest BCUT2D eigenvalue weighted by molar-refractivity contribution is 0.823. The fourth-order valence-corrected chi connectivity index (χ4v) is 8.31. The molecule has 23 heavy (non-hydrogen) atoms. The van der Waals surface area contributed by atoms with Gasteiger partial charge in [0, 0.05) is 19.5 Å². The zero-order valence-electron chi connectivity index (χ0n) is 11.7. The Morgan fingerprint density at radius 2 is 1.09 bits per heavy atom. The Morgan fingerprint density at radius 3 is 1.39 bits per heavy atom. The summed E-state index contributed by atoms with van der Waals surface area (Å²) in [5.74, 6) is 0. The summed E-state index contributed by atoms with van der Waals surface area (Å²) in [6.45, 7) is 0. The molecule has 0 atom stereocenters. The molecule has 0 aliphatic rings. The van der Waals surface area contributed by atoms with Crippen LogP contribution in [0.15, 0.2) is 66.9 Å². The van der Waals surface area contributed by atoms with Crippen molar-refractivity contribution >= 4 is 77.2 Å². The SMILES string of the molecule is Brc1ccc(C(c2cccs2)(c2cccs2)c2ccc(Br)s2)s1. The largest absolute Gasteiger partial charge is 0.147 e. The lowest BCUT2D eigenvalue weighted by Crippen LogP contribution is -2.26. The zero-order chi connectivity index (χ0) is 15.9. The molecule has 0 aliphatic carbocycles. The van der Waals surface area contributed by atoms with Crippen LogP contribution in [0.5, 0.6) is 0 Å². The Morgan fingerprint density at radius 1 is 0.609 bits per heavy atom. The van der Waals surface area contributed by atoms with Crippen molar-refractivity contribution in [3.63, 3.8) is 0 Å². The molecule has 0 fully saturated rings. The van der Waals surface area contributed by atoms with Crippen molar-refractivity contribution in [3.8, 4) is 0 Å². The molecule has 0 unspecified atom stereocenters. The molecule has 0 N–H and O–H groups in total. The molecule has 4 heterocycles. The van der Waals surface area contributed by atoms with Crippen molar-refractivity contribution in [3.05, 3.63) is 86.4 Å². The summed E-state index contributed by atoms with van der Waals surface area (Å²) in [6.07, 6.45) is 0. The first kappa shape index (κ1) is 16.2. The minimum atomic E-state index is -0.213. The number of halogens is 2. The maximum absolute atomic E-state index is 3.65. The van der Waals surface area contributed by atoms with E-state index in [1.54, 1.807) is 0 Å². The van der Waals surface area contributed by atoms with Crippen LogP contribution < -0.4 is 0 Å². The number of thiophene rings is 4. The van der Waals surface area contributed by atoms with Gasteiger partial charge in [0.1, 0.15) is 5.41 Å². The average molecular weight is 502 g/mol. The van der Waals surface area contributed by atoms with Crippen molar-refractivity contribution in [1.82, 2.24) is 0 Å². The van der Waals surface area contributed by atoms with E-state index in [2.05, 4.69) is 91.2 Å². The minimum absolute atomic E-state index is 0.213. The van der Waals surface area contributed by atoms with Gasteiger partial charge in [0.25, 0.3) is 0 Å². The highest BCUT2D eigenvalue weighted by molar-refractivity contribution is 9.11. The fraction of sp³-hybridized carbons (Fsp3) is 0.0588. The van der Waals surface area contributed by atoms with E-state index in [1.807, 2.05) is 45.3 Å². The summed E-state index contributed by atoms with van der Waals surface area (Å²) in [7, 11) is 0. The number of rotatable bonds is 4. The van der Waals surface area contributed by atoms with Gasteiger partial charge in [-0.3, -0.25) is 0 Å². The van der Waals surface area contributed by atoms with E-state index in [1.165, 1.54) is 27.1 Å². The van der Waals surface area contributed by atoms with E-state index in [9.17, 15) is 0 Å². The normalized spacial score (nSPS) is 11.9. The topological polar surface area (TPSA) is 0 Å². The smallest absolute Gasteiger partial charge is 0.107 e. The minimum Gasteiger partial charge on any atom is -0.147 e. The summed E-state index contributed by atoms with van der Waals surface area (Å²) >= 11 is 14.6. The van der Waals surface area contributed by atoms with Gasteiger partial charge >= 0.3 is 0 Å². The highest BCUT2D eigenvalue weighted by atomic mass is 79.9. The van der Waals surface area contributed by atoms with Crippen LogP contribution in [0.2, 0.25) is 0 Å². The number of hydrogen-bond donors (Lipinski definition) is 0. The van der Waals surface area contributed by atoms with Gasteiger partial charge in [-0.1, -0.05) is 12.1 Å². The quantitative estimate of drug-likeness (QED) is 0.267. The summed E-state index contributed by atoms with van der Waals surface area (Å²) in [5.41, 5.74) is -0.213. The molecular formula is C17H10Br2S4. The molecule has 0 nitrogen and oxygen atoms in total. The molecule has 4 rings (SSSR count). The lowest BCUT2D eigenvalue weighted by Gasteiger charge is -2.30. The molecule has 0 amide bonds. The van der Waals surface area contributed by atoms with Gasteiger partial charge in [-0.2, -0.15) is 0 Å². The summed E-state index contributed by atoms with van der Waals surface area (Å²) < 4.78 is 2.33. The predicted molar refractivity (Wildman–Crippen MR) is 112 cm³/mol. The monoisotopic (exact) mass is 500 g/mol. The molecule has 4 aromatic heterocycles. The highest BCUT2D eigenvalue weighted by Gasteiger charge is 2.42. The standard InChI is InChI=1S/C17H10Br2S4/c18-15-7-5-13(22-15)17(11-3-1-9-20-11,12-4-2-10-21-12)14-6-8-16(19)23-14/h1-10H. The maximum atomic E-state index is 3.65. The van der Waals surface area contributed by atoms with Gasteiger partial charge in [0.15, 0.2) is 0 Å². The van der Waals surface area contributed by atoms with Crippen molar-refractivity contribution in [1.29, 1.82) is 0 Å². The Bertz CT molecular complexity index is 824. The lowest BCUT2D eigenvalue weighted by atomic mass is 9.81. The molecule has 116 valence electrons. The third kappa shape index (κ3) is 2.73. The van der Waals surface area contributed by atoms with Crippen LogP contribution in [0.4, 0.5) is 0 Å². The second-order valence-electron chi connectivity index (χ2n) is 4.91. The molecule has 0 spiro atoms. The fourth-order valence-electron chi connectivity index (χ4n) is 2.74. The van der Waals surface area contributed by atoms with Crippen LogP contribution in [-0.2, 0) is 5.41 Å². The van der Waals surface area contributed by atoms with E-state index in [4.69, 9.17) is 0 Å². The van der Waals surface area contributed by atoms with E-state index >= 15 is 0 Å². The molecule has 0 bridgehead atoms. The Labute approximate surface area is 167 Å². The Hall–Kier alpha value is -0.240. The Balaban J connectivity index is 2.10. The van der Waals surface area contributed by atoms with E-state index in [0.717, 1.165) is 0 Å². The molecule has 0 aromatic carbocycles. The summed E-state index contributed by atoms with van der Waals surface area (Å²) in [4.78, 5) is 5.43. The molecule has 0 radical (unpaired) electrons. The third-order valence-corrected chi connectivity index (χ3v) is 9.13. The second kappa shape index (κ2) is 6.58. The Kier molecular flexibility index (Phi) is 4.64.